The Bertz CT molecular complexity index is 1010. The number of para-hydroxylation sites is 1. The molecule has 7 nitrogen and oxygen atoms in total. The molecular formula is C22H17NO6. The zero-order valence-corrected chi connectivity index (χ0v) is 15.3. The lowest BCUT2D eigenvalue weighted by Gasteiger charge is -2.10. The van der Waals surface area contributed by atoms with Gasteiger partial charge in [-0.3, -0.25) is 10.1 Å². The fraction of sp³-hybridized carbons (Fsp3) is 0.0909. The molecule has 0 aliphatic rings. The summed E-state index contributed by atoms with van der Waals surface area (Å²) in [6.45, 7) is 0.188. The van der Waals surface area contributed by atoms with Crippen molar-refractivity contribution in [2.45, 2.75) is 6.42 Å². The van der Waals surface area contributed by atoms with Gasteiger partial charge >= 0.3 is 11.9 Å². The van der Waals surface area contributed by atoms with Crippen molar-refractivity contribution in [1.29, 1.82) is 0 Å². The minimum absolute atomic E-state index is 0.0561. The Balaban J connectivity index is 1.65. The Morgan fingerprint density at radius 3 is 2.17 bits per heavy atom. The highest BCUT2D eigenvalue weighted by molar-refractivity contribution is 5.96. The summed E-state index contributed by atoms with van der Waals surface area (Å²) in [5.41, 5.74) is 1.15. The van der Waals surface area contributed by atoms with Gasteiger partial charge in [0.2, 0.25) is 0 Å². The highest BCUT2D eigenvalue weighted by Gasteiger charge is 2.18. The topological polar surface area (TPSA) is 95.7 Å². The smallest absolute Gasteiger partial charge is 0.343 e. The second-order valence-electron chi connectivity index (χ2n) is 6.06. The molecule has 0 saturated carbocycles. The molecule has 7 heteroatoms. The van der Waals surface area contributed by atoms with E-state index in [9.17, 15) is 19.7 Å². The average Bonchev–Trinajstić information content (AvgIpc) is 2.75. The molecule has 146 valence electrons. The molecule has 0 unspecified atom stereocenters. The van der Waals surface area contributed by atoms with Crippen LogP contribution < -0.4 is 4.74 Å². The monoisotopic (exact) mass is 391 g/mol. The van der Waals surface area contributed by atoms with E-state index in [0.717, 1.165) is 5.56 Å². The molecule has 0 saturated heterocycles. The Morgan fingerprint density at radius 2 is 1.48 bits per heavy atom. The largest absolute Gasteiger partial charge is 0.462 e. The van der Waals surface area contributed by atoms with E-state index in [1.807, 2.05) is 30.3 Å². The van der Waals surface area contributed by atoms with Crippen LogP contribution in [0.3, 0.4) is 0 Å². The number of benzene rings is 3. The zero-order chi connectivity index (χ0) is 20.6. The van der Waals surface area contributed by atoms with Crippen LogP contribution >= 0.6 is 0 Å². The van der Waals surface area contributed by atoms with Gasteiger partial charge in [0.1, 0.15) is 11.3 Å². The molecule has 0 heterocycles. The van der Waals surface area contributed by atoms with E-state index in [1.165, 1.54) is 36.4 Å². The lowest BCUT2D eigenvalue weighted by Crippen LogP contribution is -2.14. The summed E-state index contributed by atoms with van der Waals surface area (Å²) in [6, 6.07) is 20.8. The first-order valence-corrected chi connectivity index (χ1v) is 8.81. The molecule has 0 N–H and O–H groups in total. The second kappa shape index (κ2) is 9.27. The maximum absolute atomic E-state index is 12.4. The molecule has 3 aromatic carbocycles. The molecule has 3 rings (SSSR count). The third-order valence-corrected chi connectivity index (χ3v) is 4.09. The standard InChI is InChI=1S/C22H17NO6/c24-21(17-10-12-18(13-11-17)23(26)27)29-20-9-5-4-8-19(20)22(25)28-15-14-16-6-2-1-3-7-16/h1-13H,14-15H2. The second-order valence-corrected chi connectivity index (χ2v) is 6.06. The van der Waals surface area contributed by atoms with E-state index in [1.54, 1.807) is 12.1 Å². The number of carbonyl (C=O) groups excluding carboxylic acids is 2. The highest BCUT2D eigenvalue weighted by atomic mass is 16.6. The number of ether oxygens (including phenoxy) is 2. The Morgan fingerprint density at radius 1 is 0.828 bits per heavy atom. The van der Waals surface area contributed by atoms with E-state index in [-0.39, 0.29) is 29.2 Å². The van der Waals surface area contributed by atoms with Gasteiger partial charge in [0.25, 0.3) is 5.69 Å². The lowest BCUT2D eigenvalue weighted by molar-refractivity contribution is -0.384. The molecule has 0 aliphatic carbocycles. The fourth-order valence-corrected chi connectivity index (χ4v) is 2.59. The Hall–Kier alpha value is -4.00. The Labute approximate surface area is 166 Å². The van der Waals surface area contributed by atoms with Gasteiger partial charge in [-0.2, -0.15) is 0 Å². The van der Waals surface area contributed by atoms with Crippen LogP contribution in [0.5, 0.6) is 5.75 Å². The van der Waals surface area contributed by atoms with Crippen LogP contribution in [0.4, 0.5) is 5.69 Å². The predicted octanol–water partition coefficient (Wildman–Crippen LogP) is 4.21. The van der Waals surface area contributed by atoms with Crippen LogP contribution in [0, 0.1) is 10.1 Å². The molecule has 0 spiro atoms. The number of nitrogens with zero attached hydrogens (tertiary/aromatic N) is 1. The lowest BCUT2D eigenvalue weighted by atomic mass is 10.1. The van der Waals surface area contributed by atoms with Gasteiger partial charge in [0.05, 0.1) is 17.1 Å². The van der Waals surface area contributed by atoms with Crippen molar-refractivity contribution in [2.75, 3.05) is 6.61 Å². The summed E-state index contributed by atoms with van der Waals surface area (Å²) in [5, 5.41) is 10.7. The third-order valence-electron chi connectivity index (χ3n) is 4.09. The van der Waals surface area contributed by atoms with E-state index in [2.05, 4.69) is 0 Å². The van der Waals surface area contributed by atoms with Crippen molar-refractivity contribution in [1.82, 2.24) is 0 Å². The summed E-state index contributed by atoms with van der Waals surface area (Å²) < 4.78 is 10.6. The maximum Gasteiger partial charge on any atom is 0.343 e. The number of non-ortho nitro benzene ring substituents is 1. The van der Waals surface area contributed by atoms with Crippen molar-refractivity contribution in [2.24, 2.45) is 0 Å². The molecule has 0 bridgehead atoms. The molecular weight excluding hydrogens is 374 g/mol. The summed E-state index contributed by atoms with van der Waals surface area (Å²) >= 11 is 0. The summed E-state index contributed by atoms with van der Waals surface area (Å²) in [7, 11) is 0. The number of esters is 2. The van der Waals surface area contributed by atoms with E-state index in [0.29, 0.717) is 6.42 Å². The molecule has 3 aromatic rings. The first-order chi connectivity index (χ1) is 14.0. The highest BCUT2D eigenvalue weighted by Crippen LogP contribution is 2.21. The fourth-order valence-electron chi connectivity index (χ4n) is 2.59. The van der Waals surface area contributed by atoms with Gasteiger partial charge in [-0.1, -0.05) is 42.5 Å². The molecule has 0 aliphatic heterocycles. The van der Waals surface area contributed by atoms with Gasteiger partial charge in [0.15, 0.2) is 0 Å². The maximum atomic E-state index is 12.4. The van der Waals surface area contributed by atoms with Crippen LogP contribution in [0.15, 0.2) is 78.9 Å². The van der Waals surface area contributed by atoms with Crippen LogP contribution in [-0.2, 0) is 11.2 Å². The molecule has 0 fully saturated rings. The van der Waals surface area contributed by atoms with Gasteiger partial charge in [-0.15, -0.1) is 0 Å². The van der Waals surface area contributed by atoms with Crippen molar-refractivity contribution in [3.8, 4) is 5.75 Å². The molecule has 0 radical (unpaired) electrons. The summed E-state index contributed by atoms with van der Waals surface area (Å²) in [4.78, 5) is 34.9. The average molecular weight is 391 g/mol. The van der Waals surface area contributed by atoms with Gasteiger partial charge < -0.3 is 9.47 Å². The van der Waals surface area contributed by atoms with Crippen molar-refractivity contribution < 1.29 is 24.0 Å². The molecule has 0 amide bonds. The number of hydrogen-bond donors (Lipinski definition) is 0. The molecule has 0 atom stereocenters. The van der Waals surface area contributed by atoms with Crippen molar-refractivity contribution in [3.05, 3.63) is 106 Å². The molecule has 29 heavy (non-hydrogen) atoms. The quantitative estimate of drug-likeness (QED) is 0.259. The number of carbonyl (C=O) groups is 2. The predicted molar refractivity (Wildman–Crippen MR) is 105 cm³/mol. The van der Waals surface area contributed by atoms with Crippen LogP contribution in [-0.4, -0.2) is 23.5 Å². The van der Waals surface area contributed by atoms with Crippen molar-refractivity contribution in [3.63, 3.8) is 0 Å². The summed E-state index contributed by atoms with van der Waals surface area (Å²) in [5.74, 6) is -1.28. The number of hydrogen-bond acceptors (Lipinski definition) is 6. The van der Waals surface area contributed by atoms with Gasteiger partial charge in [-0.25, -0.2) is 9.59 Å². The van der Waals surface area contributed by atoms with Crippen LogP contribution in [0.2, 0.25) is 0 Å². The normalized spacial score (nSPS) is 10.2. The Kier molecular flexibility index (Phi) is 6.32. The van der Waals surface area contributed by atoms with Crippen LogP contribution in [0.1, 0.15) is 26.3 Å². The minimum atomic E-state index is -0.732. The van der Waals surface area contributed by atoms with Gasteiger partial charge in [0, 0.05) is 18.6 Å². The minimum Gasteiger partial charge on any atom is -0.462 e. The number of nitro benzene ring substituents is 1. The number of rotatable bonds is 7. The van der Waals surface area contributed by atoms with Crippen molar-refractivity contribution >= 4 is 17.6 Å². The third kappa shape index (κ3) is 5.26. The SMILES string of the molecule is O=C(Oc1ccccc1C(=O)OCCc1ccccc1)c1ccc([N+](=O)[O-])cc1. The first-order valence-electron chi connectivity index (χ1n) is 8.81. The van der Waals surface area contributed by atoms with E-state index < -0.39 is 16.9 Å². The van der Waals surface area contributed by atoms with E-state index in [4.69, 9.17) is 9.47 Å². The zero-order valence-electron chi connectivity index (χ0n) is 15.3. The molecule has 0 aromatic heterocycles. The van der Waals surface area contributed by atoms with Crippen LogP contribution in [0.25, 0.3) is 0 Å². The summed E-state index contributed by atoms with van der Waals surface area (Å²) in [6.07, 6.45) is 0.567. The van der Waals surface area contributed by atoms with Gasteiger partial charge in [-0.05, 0) is 29.8 Å². The van der Waals surface area contributed by atoms with E-state index >= 15 is 0 Å². The number of nitro groups is 1. The first kappa shape index (κ1) is 19.8.